The quantitative estimate of drug-likeness (QED) is 0.177. The highest BCUT2D eigenvalue weighted by atomic mass is 19.1. The van der Waals surface area contributed by atoms with E-state index in [4.69, 9.17) is 30.1 Å². The van der Waals surface area contributed by atoms with Crippen LogP contribution >= 0.6 is 0 Å². The van der Waals surface area contributed by atoms with Crippen LogP contribution in [0, 0.1) is 11.7 Å². The molecular formula is C48H57FN16O6. The van der Waals surface area contributed by atoms with Crippen molar-refractivity contribution in [3.05, 3.63) is 48.0 Å². The van der Waals surface area contributed by atoms with Crippen LogP contribution in [-0.2, 0) is 21.4 Å². The molecule has 5 aliphatic rings. The number of amides is 5. The van der Waals surface area contributed by atoms with E-state index in [9.17, 15) is 19.2 Å². The van der Waals surface area contributed by atoms with Gasteiger partial charge >= 0.3 is 12.1 Å². The minimum atomic E-state index is -0.560. The van der Waals surface area contributed by atoms with Crippen LogP contribution in [0.1, 0.15) is 88.0 Å². The maximum absolute atomic E-state index is 16.1. The van der Waals surface area contributed by atoms with Gasteiger partial charge in [-0.15, -0.1) is 0 Å². The molecule has 0 atom stereocenters. The molecule has 4 saturated heterocycles. The van der Waals surface area contributed by atoms with E-state index in [1.807, 2.05) is 30.9 Å². The molecule has 71 heavy (non-hydrogen) atoms. The van der Waals surface area contributed by atoms with Gasteiger partial charge in [0.15, 0.2) is 35.5 Å². The summed E-state index contributed by atoms with van der Waals surface area (Å²) in [5, 5.41) is 17.2. The molecule has 5 fully saturated rings. The number of carbonyl (C=O) groups is 4. The number of aryl methyl sites for hydroxylation is 1. The van der Waals surface area contributed by atoms with E-state index in [1.165, 1.54) is 15.9 Å². The van der Waals surface area contributed by atoms with Crippen molar-refractivity contribution < 1.29 is 32.8 Å². The normalized spacial score (nSPS) is 18.9. The van der Waals surface area contributed by atoms with Crippen molar-refractivity contribution in [3.63, 3.8) is 0 Å². The number of halogens is 1. The molecule has 3 N–H and O–H groups in total. The zero-order chi connectivity index (χ0) is 49.1. The van der Waals surface area contributed by atoms with Gasteiger partial charge in [-0.05, 0) is 81.9 Å². The van der Waals surface area contributed by atoms with Crippen LogP contribution in [0.5, 0.6) is 0 Å². The first-order chi connectivity index (χ1) is 34.4. The highest BCUT2D eigenvalue weighted by molar-refractivity contribution is 6.09. The number of hydrogen-bond acceptors (Lipinski definition) is 16. The number of piperazine rings is 1. The number of hydrogen-bond donors (Lipinski definition) is 2. The average Bonchev–Trinajstić information content (AvgIpc) is 3.85. The van der Waals surface area contributed by atoms with E-state index in [0.29, 0.717) is 120 Å². The molecule has 0 unspecified atom stereocenters. The summed E-state index contributed by atoms with van der Waals surface area (Å²) in [6.45, 7) is 9.73. The van der Waals surface area contributed by atoms with E-state index in [1.54, 1.807) is 29.0 Å². The van der Waals surface area contributed by atoms with Crippen LogP contribution < -0.4 is 20.9 Å². The number of likely N-dealkylation sites (tertiary alicyclic amines) is 1. The molecule has 23 heteroatoms. The molecule has 22 nitrogen and oxygen atoms in total. The molecule has 1 saturated carbocycles. The fraction of sp³-hybridized carbons (Fsp3) is 0.521. The number of aromatic nitrogens is 9. The van der Waals surface area contributed by atoms with Crippen molar-refractivity contribution in [3.8, 4) is 22.8 Å². The van der Waals surface area contributed by atoms with Gasteiger partial charge in [-0.25, -0.2) is 38.6 Å². The van der Waals surface area contributed by atoms with Crippen LogP contribution in [0.2, 0.25) is 0 Å². The summed E-state index contributed by atoms with van der Waals surface area (Å²) in [7, 11) is 1.66. The second-order valence-corrected chi connectivity index (χ2v) is 19.7. The first kappa shape index (κ1) is 46.1. The number of fused-ring (bicyclic) bond motifs is 2. The molecule has 0 radical (unpaired) electrons. The smallest absolute Gasteiger partial charge is 0.410 e. The summed E-state index contributed by atoms with van der Waals surface area (Å²) in [5.74, 6) is 1.72. The second kappa shape index (κ2) is 18.8. The van der Waals surface area contributed by atoms with Gasteiger partial charge in [-0.1, -0.05) is 5.16 Å². The van der Waals surface area contributed by atoms with E-state index in [0.717, 1.165) is 56.6 Å². The van der Waals surface area contributed by atoms with Gasteiger partial charge in [0.1, 0.15) is 29.0 Å². The van der Waals surface area contributed by atoms with Gasteiger partial charge < -0.3 is 29.7 Å². The Morgan fingerprint density at radius 2 is 1.62 bits per heavy atom. The zero-order valence-electron chi connectivity index (χ0n) is 40.1. The lowest BCUT2D eigenvalue weighted by Crippen LogP contribution is -2.51. The molecular weight excluding hydrogens is 916 g/mol. The monoisotopic (exact) mass is 972 g/mol. The summed E-state index contributed by atoms with van der Waals surface area (Å²) in [6.07, 6.45) is 9.93. The van der Waals surface area contributed by atoms with Crippen molar-refractivity contribution >= 4 is 63.2 Å². The Bertz CT molecular complexity index is 3020. The van der Waals surface area contributed by atoms with E-state index in [-0.39, 0.29) is 55.1 Å². The maximum atomic E-state index is 16.1. The molecule has 5 aromatic heterocycles. The van der Waals surface area contributed by atoms with Gasteiger partial charge in [0.25, 0.3) is 5.91 Å². The Hall–Kier alpha value is -7.30. The van der Waals surface area contributed by atoms with Gasteiger partial charge in [0.05, 0.1) is 16.6 Å². The average molecular weight is 973 g/mol. The number of ether oxygens (including phenoxy) is 1. The van der Waals surface area contributed by atoms with Crippen LogP contribution in [-0.4, -0.2) is 155 Å². The fourth-order valence-electron chi connectivity index (χ4n) is 10.6. The van der Waals surface area contributed by atoms with E-state index >= 15 is 4.39 Å². The van der Waals surface area contributed by atoms with Crippen molar-refractivity contribution in [2.75, 3.05) is 87.6 Å². The fourth-order valence-corrected chi connectivity index (χ4v) is 10.6. The summed E-state index contributed by atoms with van der Waals surface area (Å²) in [4.78, 5) is 78.2. The molecule has 9 heterocycles. The number of carbonyl (C=O) groups excluding carboxylic acids is 4. The van der Waals surface area contributed by atoms with Crippen LogP contribution in [0.25, 0.3) is 44.7 Å². The molecule has 11 rings (SSSR count). The number of imide groups is 1. The minimum absolute atomic E-state index is 0.0131. The largest absolute Gasteiger partial charge is 0.439 e. The zero-order valence-corrected chi connectivity index (χ0v) is 40.1. The van der Waals surface area contributed by atoms with E-state index in [2.05, 4.69) is 35.3 Å². The number of urea groups is 1. The number of piperidine rings is 2. The van der Waals surface area contributed by atoms with Crippen molar-refractivity contribution in [2.24, 2.45) is 13.0 Å². The minimum Gasteiger partial charge on any atom is -0.439 e. The predicted molar refractivity (Wildman–Crippen MR) is 258 cm³/mol. The van der Waals surface area contributed by atoms with Crippen LogP contribution in [0.3, 0.4) is 0 Å². The Labute approximate surface area is 407 Å². The molecule has 0 bridgehead atoms. The third-order valence-corrected chi connectivity index (χ3v) is 14.7. The topological polar surface area (TPSA) is 245 Å². The molecule has 372 valence electrons. The Balaban J connectivity index is 0.629. The third-order valence-electron chi connectivity index (χ3n) is 14.7. The maximum Gasteiger partial charge on any atom is 0.410 e. The lowest BCUT2D eigenvalue weighted by molar-refractivity contribution is -0.136. The number of nitrogens with two attached hydrogens (primary N) is 1. The summed E-state index contributed by atoms with van der Waals surface area (Å²) >= 11 is 0. The first-order valence-electron chi connectivity index (χ1n) is 24.6. The van der Waals surface area contributed by atoms with Gasteiger partial charge in [-0.3, -0.25) is 29.4 Å². The number of nitrogens with zero attached hydrogens (tertiary/aromatic N) is 14. The lowest BCUT2D eigenvalue weighted by Gasteiger charge is -2.39. The van der Waals surface area contributed by atoms with Crippen LogP contribution in [0.15, 0.2) is 35.4 Å². The lowest BCUT2D eigenvalue weighted by atomic mass is 9.91. The summed E-state index contributed by atoms with van der Waals surface area (Å²) in [6, 6.07) is 3.01. The number of anilines is 3. The highest BCUT2D eigenvalue weighted by Gasteiger charge is 2.37. The van der Waals surface area contributed by atoms with Crippen molar-refractivity contribution in [2.45, 2.75) is 76.7 Å². The van der Waals surface area contributed by atoms with Gasteiger partial charge in [0, 0.05) is 109 Å². The predicted octanol–water partition coefficient (Wildman–Crippen LogP) is 4.83. The van der Waals surface area contributed by atoms with Gasteiger partial charge in [0.2, 0.25) is 5.91 Å². The number of nitrogens with one attached hydrogen (secondary N) is 1. The number of nitrogen functional groups attached to an aromatic ring is 1. The van der Waals surface area contributed by atoms with Crippen molar-refractivity contribution in [1.29, 1.82) is 0 Å². The molecule has 1 aliphatic carbocycles. The number of benzene rings is 1. The molecule has 6 aromatic rings. The first-order valence-corrected chi connectivity index (χ1v) is 24.6. The third kappa shape index (κ3) is 8.84. The highest BCUT2D eigenvalue weighted by Crippen LogP contribution is 2.48. The summed E-state index contributed by atoms with van der Waals surface area (Å²) < 4.78 is 30.9. The van der Waals surface area contributed by atoms with Crippen molar-refractivity contribution in [1.82, 2.24) is 64.7 Å². The molecule has 4 aliphatic heterocycles. The van der Waals surface area contributed by atoms with Crippen LogP contribution in [0.4, 0.5) is 31.3 Å². The Kier molecular flexibility index (Phi) is 12.2. The standard InChI is InChI=1S/C48H57FN16O6/c1-27(2)65-46-37(43(50)53-26-54-46)39(56-65)40-36(42(71-58-40)30-4-5-30)44-51-22-31(23-52-44)29-10-15-63(16-11-29)48(69)70-25-35(67)62-20-18-60(19-21-62)24-28-8-13-61(14-9-28)33-7-6-32-41(38(33)49)59(3)57-45(32)64-17-12-34(66)55-47(64)68/h6-7,22-23,26-30H,4-5,8-21,24-25H2,1-3H3,(H2,50,53,54)(H,55,66,68). The molecule has 0 spiro atoms. The Morgan fingerprint density at radius 1 is 0.873 bits per heavy atom. The van der Waals surface area contributed by atoms with Gasteiger partial charge in [-0.2, -0.15) is 10.2 Å². The molecule has 1 aromatic carbocycles. The Morgan fingerprint density at radius 3 is 2.32 bits per heavy atom. The molecule has 5 amide bonds. The summed E-state index contributed by atoms with van der Waals surface area (Å²) in [5.41, 5.74) is 10.5. The number of rotatable bonds is 11. The second-order valence-electron chi connectivity index (χ2n) is 19.7. The SMILES string of the molecule is CC(C)n1nc(-c2noc(C3CC3)c2-c2ncc(C3CCN(C(=O)OCC(=O)N4CCN(CC5CCN(c6ccc7c(N8CCC(=O)NC8=O)nn(C)c7c6F)CC5)CC4)CC3)cn2)c2c(N)ncnc21. The van der Waals surface area contributed by atoms with E-state index < -0.39 is 12.1 Å².